The number of alkyl halides is 3. The van der Waals surface area contributed by atoms with E-state index in [-0.39, 0.29) is 28.8 Å². The van der Waals surface area contributed by atoms with Crippen LogP contribution in [0.25, 0.3) is 21.6 Å². The second kappa shape index (κ2) is 20.1. The number of aliphatic hydroxyl groups excluding tert-OH is 1. The van der Waals surface area contributed by atoms with Crippen molar-refractivity contribution in [2.45, 2.75) is 91.9 Å². The fourth-order valence-corrected chi connectivity index (χ4v) is 7.35. The number of ether oxygens (including phenoxy) is 1. The molecule has 0 spiro atoms. The number of H-pyrrole nitrogens is 1. The van der Waals surface area contributed by atoms with E-state index in [0.29, 0.717) is 30.2 Å². The number of methoxy groups -OCH3 is 1. The first kappa shape index (κ1) is 47.4. The Morgan fingerprint density at radius 2 is 1.72 bits per heavy atom. The van der Waals surface area contributed by atoms with Crippen molar-refractivity contribution in [3.05, 3.63) is 74.9 Å². The van der Waals surface area contributed by atoms with Crippen molar-refractivity contribution in [3.8, 4) is 16.5 Å². The molecule has 1 aliphatic carbocycles. The molecule has 3 heterocycles. The molecule has 0 bridgehead atoms. The molecule has 2 aromatic carbocycles. The number of pyridine rings is 1. The van der Waals surface area contributed by atoms with E-state index in [9.17, 15) is 32.3 Å². The standard InChI is InChI=1S/C19H26F3N3O2.C17H18N2O2S.C5H9NO.CH4O/c1-11-8-9-25(14(11)16(23)26)17(27)15(18(2,3)4)24-13-7-5-6-12(10-13)19(20,21)22;1-9(2)13-8-22-17(19-13)12-7-14(20)11-5-6-15(21-4)10(3)16(11)18-12;1-6-5(7)4-2-3-4;1-2/h5-7,10-11,14-15,24H,8-9H2,1-4H3,(H2,23,26);5-9H,1-4H3,(H,18,20);4H,2-3H2,1H3,(H,6,7);2H,1H3. The SMILES string of the molecule is CC1CCN(C(=O)C(Nc2cccc(C(F)(F)F)c2)C(C)(C)C)C1C(N)=O.CNC(=O)C1CC1.CO.COc1ccc2c(=O)cc(-c3nc(C(C)C)cs3)[nH]c2c1C. The van der Waals surface area contributed by atoms with E-state index >= 15 is 0 Å². The van der Waals surface area contributed by atoms with Gasteiger partial charge in [0.25, 0.3) is 0 Å². The molecular formula is C42H57F3N6O6S. The number of benzene rings is 2. The van der Waals surface area contributed by atoms with Crippen molar-refractivity contribution in [1.29, 1.82) is 0 Å². The van der Waals surface area contributed by atoms with Gasteiger partial charge in [0.05, 0.1) is 29.6 Å². The van der Waals surface area contributed by atoms with Crippen molar-refractivity contribution < 1.29 is 37.4 Å². The highest BCUT2D eigenvalue weighted by Gasteiger charge is 2.43. The average molecular weight is 831 g/mol. The summed E-state index contributed by atoms with van der Waals surface area (Å²) < 4.78 is 44.3. The molecular weight excluding hydrogens is 774 g/mol. The minimum Gasteiger partial charge on any atom is -0.496 e. The van der Waals surface area contributed by atoms with Gasteiger partial charge in [-0.1, -0.05) is 47.6 Å². The molecule has 12 nitrogen and oxygen atoms in total. The molecule has 318 valence electrons. The largest absolute Gasteiger partial charge is 0.496 e. The monoisotopic (exact) mass is 830 g/mol. The smallest absolute Gasteiger partial charge is 0.416 e. The van der Waals surface area contributed by atoms with Crippen LogP contribution in [0.2, 0.25) is 0 Å². The molecule has 58 heavy (non-hydrogen) atoms. The molecule has 1 saturated heterocycles. The van der Waals surface area contributed by atoms with Gasteiger partial charge in [0.1, 0.15) is 22.8 Å². The molecule has 3 atom stereocenters. The number of hydrogen-bond acceptors (Lipinski definition) is 9. The predicted octanol–water partition coefficient (Wildman–Crippen LogP) is 7.10. The third-order valence-electron chi connectivity index (χ3n) is 9.86. The minimum atomic E-state index is -4.47. The van der Waals surface area contributed by atoms with Gasteiger partial charge in [-0.05, 0) is 73.8 Å². The Hall–Kier alpha value is -4.96. The van der Waals surface area contributed by atoms with Crippen LogP contribution >= 0.6 is 11.3 Å². The Kier molecular flexibility index (Phi) is 16.5. The number of aromatic amines is 1. The fourth-order valence-electron chi connectivity index (χ4n) is 6.39. The van der Waals surface area contributed by atoms with Crippen molar-refractivity contribution in [2.24, 2.45) is 23.0 Å². The van der Waals surface area contributed by atoms with E-state index in [0.717, 1.165) is 65.3 Å². The fraction of sp³-hybridized carbons (Fsp3) is 0.500. The number of carbonyl (C=O) groups excluding carboxylic acids is 3. The Bertz CT molecular complexity index is 2090. The number of hydrogen-bond donors (Lipinski definition) is 5. The predicted molar refractivity (Wildman–Crippen MR) is 223 cm³/mol. The van der Waals surface area contributed by atoms with Gasteiger partial charge in [-0.25, -0.2) is 4.98 Å². The third kappa shape index (κ3) is 12.0. The van der Waals surface area contributed by atoms with Gasteiger partial charge in [0.15, 0.2) is 5.43 Å². The number of halogens is 3. The Morgan fingerprint density at radius 1 is 1.07 bits per heavy atom. The molecule has 16 heteroatoms. The first-order chi connectivity index (χ1) is 27.2. The molecule has 3 amide bonds. The maximum absolute atomic E-state index is 13.2. The summed E-state index contributed by atoms with van der Waals surface area (Å²) >= 11 is 1.55. The van der Waals surface area contributed by atoms with Gasteiger partial charge in [-0.15, -0.1) is 11.3 Å². The molecule has 2 aliphatic rings. The van der Waals surface area contributed by atoms with E-state index in [1.54, 1.807) is 37.6 Å². The number of thiazole rings is 1. The van der Waals surface area contributed by atoms with Crippen LogP contribution < -0.4 is 26.5 Å². The van der Waals surface area contributed by atoms with Crippen LogP contribution in [0.1, 0.15) is 83.5 Å². The number of nitrogens with two attached hydrogens (primary N) is 1. The average Bonchev–Trinajstić information content (AvgIpc) is 3.76. The number of primary amides is 1. The van der Waals surface area contributed by atoms with Crippen molar-refractivity contribution >= 4 is 45.6 Å². The topological polar surface area (TPSA) is 180 Å². The first-order valence-corrected chi connectivity index (χ1v) is 19.9. The number of anilines is 1. The number of nitrogens with one attached hydrogen (secondary N) is 3. The van der Waals surface area contributed by atoms with Crippen molar-refractivity contribution in [2.75, 3.05) is 33.1 Å². The minimum absolute atomic E-state index is 0.00389. The maximum Gasteiger partial charge on any atom is 0.416 e. The van der Waals surface area contributed by atoms with Gasteiger partial charge in [-0.2, -0.15) is 13.2 Å². The zero-order valence-corrected chi connectivity index (χ0v) is 35.7. The molecule has 6 rings (SSSR count). The lowest BCUT2D eigenvalue weighted by molar-refractivity contribution is -0.140. The van der Waals surface area contributed by atoms with Crippen molar-refractivity contribution in [3.63, 3.8) is 0 Å². The van der Waals surface area contributed by atoms with Crippen LogP contribution in [0.5, 0.6) is 5.75 Å². The summed E-state index contributed by atoms with van der Waals surface area (Å²) in [5, 5.41) is 16.1. The summed E-state index contributed by atoms with van der Waals surface area (Å²) in [6.45, 7) is 13.9. The van der Waals surface area contributed by atoms with Gasteiger partial charge >= 0.3 is 6.18 Å². The van der Waals surface area contributed by atoms with E-state index in [1.807, 2.05) is 46.1 Å². The summed E-state index contributed by atoms with van der Waals surface area (Å²) in [4.78, 5) is 57.2. The number of likely N-dealkylation sites (tertiary alicyclic amines) is 1. The quantitative estimate of drug-likeness (QED) is 0.125. The van der Waals surface area contributed by atoms with E-state index in [2.05, 4.69) is 34.4 Å². The summed E-state index contributed by atoms with van der Waals surface area (Å²) in [6.07, 6.45) is -1.63. The van der Waals surface area contributed by atoms with Gasteiger partial charge in [-0.3, -0.25) is 19.2 Å². The zero-order chi connectivity index (χ0) is 43.7. The highest BCUT2D eigenvalue weighted by molar-refractivity contribution is 7.13. The highest BCUT2D eigenvalue weighted by atomic mass is 32.1. The van der Waals surface area contributed by atoms with Crippen LogP contribution in [0.4, 0.5) is 18.9 Å². The summed E-state index contributed by atoms with van der Waals surface area (Å²) in [6, 6.07) is 8.46. The Labute approximate surface area is 341 Å². The second-order valence-corrected chi connectivity index (χ2v) is 16.5. The number of aliphatic hydroxyl groups is 1. The molecule has 4 aromatic rings. The molecule has 3 unspecified atom stereocenters. The number of rotatable bonds is 8. The molecule has 1 aliphatic heterocycles. The number of amides is 3. The van der Waals surface area contributed by atoms with Crippen LogP contribution in [-0.4, -0.2) is 77.6 Å². The van der Waals surface area contributed by atoms with Gasteiger partial charge < -0.3 is 36.1 Å². The molecule has 6 N–H and O–H groups in total. The van der Waals surface area contributed by atoms with Crippen LogP contribution in [0.3, 0.4) is 0 Å². The summed E-state index contributed by atoms with van der Waals surface area (Å²) in [5.41, 5.74) is 7.81. The van der Waals surface area contributed by atoms with E-state index in [1.165, 1.54) is 17.0 Å². The Morgan fingerprint density at radius 3 is 2.22 bits per heavy atom. The molecule has 1 saturated carbocycles. The number of nitrogens with zero attached hydrogens (tertiary/aromatic N) is 2. The third-order valence-corrected chi connectivity index (χ3v) is 10.8. The lowest BCUT2D eigenvalue weighted by Crippen LogP contribution is -2.54. The van der Waals surface area contributed by atoms with Crippen LogP contribution in [0.15, 0.2) is 52.6 Å². The van der Waals surface area contributed by atoms with E-state index in [4.69, 9.17) is 15.6 Å². The molecule has 0 radical (unpaired) electrons. The second-order valence-electron chi connectivity index (χ2n) is 15.7. The van der Waals surface area contributed by atoms with Crippen LogP contribution in [-0.2, 0) is 20.6 Å². The first-order valence-electron chi connectivity index (χ1n) is 19.0. The summed E-state index contributed by atoms with van der Waals surface area (Å²) in [5.74, 6) is 0.750. The van der Waals surface area contributed by atoms with Crippen LogP contribution in [0, 0.1) is 24.2 Å². The maximum atomic E-state index is 13.2. The lowest BCUT2D eigenvalue weighted by Gasteiger charge is -2.36. The van der Waals surface area contributed by atoms with Gasteiger partial charge in [0, 0.05) is 54.7 Å². The van der Waals surface area contributed by atoms with E-state index < -0.39 is 35.1 Å². The van der Waals surface area contributed by atoms with Crippen molar-refractivity contribution in [1.82, 2.24) is 20.2 Å². The number of fused-ring (bicyclic) bond motifs is 1. The number of aromatic nitrogens is 2. The number of carbonyl (C=O) groups is 3. The van der Waals surface area contributed by atoms with Gasteiger partial charge in [0.2, 0.25) is 17.7 Å². The zero-order valence-electron chi connectivity index (χ0n) is 34.8. The number of aryl methyl sites for hydroxylation is 1. The lowest BCUT2D eigenvalue weighted by atomic mass is 9.85. The highest BCUT2D eigenvalue weighted by Crippen LogP contribution is 2.34. The molecule has 2 aromatic heterocycles. The molecule has 2 fully saturated rings. The normalized spacial score (nSPS) is 16.8. The summed E-state index contributed by atoms with van der Waals surface area (Å²) in [7, 11) is 4.31. The Balaban J connectivity index is 0.000000259.